The van der Waals surface area contributed by atoms with Gasteiger partial charge in [-0.3, -0.25) is 0 Å². The van der Waals surface area contributed by atoms with Crippen molar-refractivity contribution in [2.75, 3.05) is 26.4 Å². The van der Waals surface area contributed by atoms with Crippen LogP contribution in [0.2, 0.25) is 0 Å². The van der Waals surface area contributed by atoms with E-state index >= 15 is 0 Å². The molecule has 0 aliphatic carbocycles. The van der Waals surface area contributed by atoms with E-state index in [1.165, 1.54) is 38.5 Å². The first-order valence-corrected chi connectivity index (χ1v) is 7.87. The van der Waals surface area contributed by atoms with Gasteiger partial charge in [-0.15, -0.1) is 0 Å². The third-order valence-corrected chi connectivity index (χ3v) is 4.08. The number of amidine groups is 1. The van der Waals surface area contributed by atoms with Gasteiger partial charge in [-0.2, -0.15) is 0 Å². The largest absolute Gasteiger partial charge is 0.477 e. The summed E-state index contributed by atoms with van der Waals surface area (Å²) in [5.41, 5.74) is 0. The molecule has 0 bridgehead atoms. The molecule has 1 atom stereocenters. The van der Waals surface area contributed by atoms with Gasteiger partial charge in [-0.05, 0) is 6.42 Å². The molecule has 0 aromatic heterocycles. The second-order valence-corrected chi connectivity index (χ2v) is 5.73. The van der Waals surface area contributed by atoms with Gasteiger partial charge in [0.15, 0.2) is 13.3 Å². The van der Waals surface area contributed by atoms with Gasteiger partial charge in [-0.25, -0.2) is 14.3 Å². The molecule has 5 nitrogen and oxygen atoms in total. The number of aliphatic carboxylic acids is 1. The van der Waals surface area contributed by atoms with Crippen LogP contribution in [0.3, 0.4) is 0 Å². The van der Waals surface area contributed by atoms with Crippen molar-refractivity contribution in [3.8, 4) is 0 Å². The topological polar surface area (TPSA) is 69.9 Å². The summed E-state index contributed by atoms with van der Waals surface area (Å²) in [5, 5.41) is 18.6. The zero-order valence-electron chi connectivity index (χ0n) is 12.7. The van der Waals surface area contributed by atoms with Crippen LogP contribution in [0.1, 0.15) is 58.3 Å². The van der Waals surface area contributed by atoms with Gasteiger partial charge in [0.05, 0.1) is 6.54 Å². The molecule has 0 aromatic rings. The lowest BCUT2D eigenvalue weighted by atomic mass is 10.1. The molecular weight excluding hydrogens is 256 g/mol. The Morgan fingerprint density at radius 2 is 1.85 bits per heavy atom. The number of aliphatic imine (C=N–C) groups is 1. The minimum absolute atomic E-state index is 0.0498. The molecule has 1 heterocycles. The minimum atomic E-state index is -0.867. The standard InChI is InChI=1S/C15H28N2O3/c1-2-3-4-5-6-7-8-9-14-16-10-11-17(14,13-18)12-15(19)20/h18H,2-13H2,1H3/p+1. The first-order valence-electron chi connectivity index (χ1n) is 7.87. The van der Waals surface area contributed by atoms with Crippen LogP contribution in [-0.4, -0.2) is 52.9 Å². The monoisotopic (exact) mass is 285 g/mol. The van der Waals surface area contributed by atoms with Gasteiger partial charge in [-0.1, -0.05) is 45.4 Å². The van der Waals surface area contributed by atoms with Gasteiger partial charge in [0, 0.05) is 6.42 Å². The Balaban J connectivity index is 2.29. The molecule has 0 saturated heterocycles. The Hall–Kier alpha value is -0.940. The molecule has 1 aliphatic rings. The van der Waals surface area contributed by atoms with Crippen LogP contribution < -0.4 is 0 Å². The van der Waals surface area contributed by atoms with Crippen LogP contribution in [0.4, 0.5) is 0 Å². The quantitative estimate of drug-likeness (QED) is 0.452. The van der Waals surface area contributed by atoms with Crippen LogP contribution in [0, 0.1) is 0 Å². The van der Waals surface area contributed by atoms with Crippen molar-refractivity contribution in [3.63, 3.8) is 0 Å². The maximum Gasteiger partial charge on any atom is 0.359 e. The molecule has 5 heteroatoms. The molecule has 20 heavy (non-hydrogen) atoms. The van der Waals surface area contributed by atoms with E-state index in [9.17, 15) is 9.90 Å². The van der Waals surface area contributed by atoms with E-state index in [2.05, 4.69) is 11.9 Å². The van der Waals surface area contributed by atoms with Crippen molar-refractivity contribution in [2.45, 2.75) is 58.3 Å². The maximum absolute atomic E-state index is 11.0. The third kappa shape index (κ3) is 5.21. The number of aliphatic hydroxyl groups is 1. The van der Waals surface area contributed by atoms with Crippen LogP contribution in [0.15, 0.2) is 4.99 Å². The van der Waals surface area contributed by atoms with Crippen LogP contribution in [0.25, 0.3) is 0 Å². The number of carboxylic acids is 1. The SMILES string of the molecule is CCCCCCCCCC1=NCC[N+]1(CO)CC(=O)O. The molecular formula is C15H29N2O3+. The van der Waals surface area contributed by atoms with Crippen LogP contribution in [-0.2, 0) is 4.79 Å². The van der Waals surface area contributed by atoms with Crippen molar-refractivity contribution in [1.82, 2.24) is 0 Å². The Kier molecular flexibility index (Phi) is 7.77. The van der Waals surface area contributed by atoms with E-state index in [1.807, 2.05) is 0 Å². The average molecular weight is 285 g/mol. The van der Waals surface area contributed by atoms with E-state index in [0.29, 0.717) is 13.1 Å². The second kappa shape index (κ2) is 9.08. The van der Waals surface area contributed by atoms with Crippen LogP contribution >= 0.6 is 0 Å². The van der Waals surface area contributed by atoms with E-state index in [4.69, 9.17) is 5.11 Å². The van der Waals surface area contributed by atoms with Crippen molar-refractivity contribution < 1.29 is 19.5 Å². The number of hydrogen-bond donors (Lipinski definition) is 2. The number of nitrogens with zero attached hydrogens (tertiary/aromatic N) is 2. The zero-order valence-corrected chi connectivity index (χ0v) is 12.7. The minimum Gasteiger partial charge on any atom is -0.477 e. The summed E-state index contributed by atoms with van der Waals surface area (Å²) in [6.45, 7) is 3.27. The summed E-state index contributed by atoms with van der Waals surface area (Å²) in [6.07, 6.45) is 9.46. The molecule has 0 saturated carbocycles. The van der Waals surface area contributed by atoms with Crippen LogP contribution in [0.5, 0.6) is 0 Å². The maximum atomic E-state index is 11.0. The lowest BCUT2D eigenvalue weighted by Gasteiger charge is -2.30. The summed E-state index contributed by atoms with van der Waals surface area (Å²) in [6, 6.07) is 0. The molecule has 1 rings (SSSR count). The van der Waals surface area contributed by atoms with Crippen molar-refractivity contribution in [2.24, 2.45) is 4.99 Å². The third-order valence-electron chi connectivity index (χ3n) is 4.08. The summed E-state index contributed by atoms with van der Waals surface area (Å²) in [7, 11) is 0. The highest BCUT2D eigenvalue weighted by Crippen LogP contribution is 2.19. The van der Waals surface area contributed by atoms with E-state index < -0.39 is 5.97 Å². The van der Waals surface area contributed by atoms with Gasteiger partial charge >= 0.3 is 5.97 Å². The predicted molar refractivity (Wildman–Crippen MR) is 79.6 cm³/mol. The van der Waals surface area contributed by atoms with E-state index in [1.54, 1.807) is 0 Å². The fourth-order valence-electron chi connectivity index (χ4n) is 2.84. The zero-order chi connectivity index (χ0) is 14.8. The Labute approximate surface area is 121 Å². The lowest BCUT2D eigenvalue weighted by Crippen LogP contribution is -2.54. The first kappa shape index (κ1) is 17.1. The molecule has 0 amide bonds. The summed E-state index contributed by atoms with van der Waals surface area (Å²) >= 11 is 0. The molecule has 2 N–H and O–H groups in total. The lowest BCUT2D eigenvalue weighted by molar-refractivity contribution is -0.849. The summed E-state index contributed by atoms with van der Waals surface area (Å²) < 4.78 is 0.144. The summed E-state index contributed by atoms with van der Waals surface area (Å²) in [4.78, 5) is 15.4. The Bertz CT molecular complexity index is 331. The molecule has 1 unspecified atom stereocenters. The fraction of sp³-hybridized carbons (Fsp3) is 0.867. The van der Waals surface area contributed by atoms with Crippen molar-refractivity contribution >= 4 is 11.8 Å². The number of rotatable bonds is 11. The average Bonchev–Trinajstić information content (AvgIpc) is 2.80. The molecule has 1 aliphatic heterocycles. The molecule has 0 fully saturated rings. The normalized spacial score (nSPS) is 22.0. The van der Waals surface area contributed by atoms with E-state index in [-0.39, 0.29) is 17.8 Å². The smallest absolute Gasteiger partial charge is 0.359 e. The van der Waals surface area contributed by atoms with Gasteiger partial charge < -0.3 is 10.2 Å². The number of unbranched alkanes of at least 4 members (excludes halogenated alkanes) is 6. The number of hydrogen-bond acceptors (Lipinski definition) is 3. The van der Waals surface area contributed by atoms with Gasteiger partial charge in [0.2, 0.25) is 5.84 Å². The number of aliphatic hydroxyl groups excluding tert-OH is 1. The van der Waals surface area contributed by atoms with E-state index in [0.717, 1.165) is 18.7 Å². The van der Waals surface area contributed by atoms with Crippen molar-refractivity contribution in [1.29, 1.82) is 0 Å². The highest BCUT2D eigenvalue weighted by Gasteiger charge is 2.39. The predicted octanol–water partition coefficient (Wildman–Crippen LogP) is 2.39. The summed E-state index contributed by atoms with van der Waals surface area (Å²) in [5.74, 6) is 0.0108. The molecule has 0 radical (unpaired) electrons. The Morgan fingerprint density at radius 1 is 1.20 bits per heavy atom. The molecule has 0 spiro atoms. The van der Waals surface area contributed by atoms with Gasteiger partial charge in [0.1, 0.15) is 6.54 Å². The fourth-order valence-corrected chi connectivity index (χ4v) is 2.84. The highest BCUT2D eigenvalue weighted by molar-refractivity contribution is 5.79. The molecule has 116 valence electrons. The highest BCUT2D eigenvalue weighted by atomic mass is 16.4. The number of quaternary nitrogens is 1. The Morgan fingerprint density at radius 3 is 2.45 bits per heavy atom. The second-order valence-electron chi connectivity index (χ2n) is 5.73. The first-order chi connectivity index (χ1) is 9.64. The number of carbonyl (C=O) groups is 1. The van der Waals surface area contributed by atoms with Crippen molar-refractivity contribution in [3.05, 3.63) is 0 Å². The molecule has 0 aromatic carbocycles. The van der Waals surface area contributed by atoms with Gasteiger partial charge in [0.25, 0.3) is 0 Å². The number of carboxylic acid groups (broad SMARTS) is 1.